The van der Waals surface area contributed by atoms with E-state index in [1.165, 1.54) is 11.8 Å². The van der Waals surface area contributed by atoms with Gasteiger partial charge in [-0.1, -0.05) is 65.8 Å². The summed E-state index contributed by atoms with van der Waals surface area (Å²) in [7, 11) is 0. The van der Waals surface area contributed by atoms with Gasteiger partial charge in [0.25, 0.3) is 5.56 Å². The van der Waals surface area contributed by atoms with Crippen molar-refractivity contribution in [1.82, 2.24) is 14.5 Å². The summed E-state index contributed by atoms with van der Waals surface area (Å²) in [6, 6.07) is 24.7. The average molecular weight is 474 g/mol. The lowest BCUT2D eigenvalue weighted by Crippen LogP contribution is -2.24. The lowest BCUT2D eigenvalue weighted by Gasteiger charge is -2.13. The standard InChI is InChI=1S/C26H20ClN3O2S/c1-17-23(28-24(32-17)19-9-3-2-4-10-19)16-33-26-29-22-13-6-5-12-21(22)25(31)30(26)15-18-8-7-11-20(27)14-18/h2-14H,15-16H2,1H3. The van der Waals surface area contributed by atoms with Crippen molar-refractivity contribution in [2.45, 2.75) is 24.4 Å². The van der Waals surface area contributed by atoms with E-state index in [9.17, 15) is 4.79 Å². The van der Waals surface area contributed by atoms with Crippen molar-refractivity contribution in [1.29, 1.82) is 0 Å². The van der Waals surface area contributed by atoms with Gasteiger partial charge in [0.05, 0.1) is 23.1 Å². The maximum absolute atomic E-state index is 13.3. The highest BCUT2D eigenvalue weighted by molar-refractivity contribution is 7.98. The highest BCUT2D eigenvalue weighted by Gasteiger charge is 2.16. The molecule has 0 amide bonds. The number of hydrogen-bond acceptors (Lipinski definition) is 5. The normalized spacial score (nSPS) is 11.2. The van der Waals surface area contributed by atoms with Crippen LogP contribution in [0.15, 0.2) is 93.2 Å². The van der Waals surface area contributed by atoms with Gasteiger partial charge in [0.15, 0.2) is 5.16 Å². The van der Waals surface area contributed by atoms with Crippen molar-refractivity contribution in [3.05, 3.63) is 111 Å². The molecule has 0 aliphatic rings. The summed E-state index contributed by atoms with van der Waals surface area (Å²) in [6.07, 6.45) is 0. The van der Waals surface area contributed by atoms with E-state index in [1.807, 2.05) is 85.8 Å². The number of nitrogens with zero attached hydrogens (tertiary/aromatic N) is 3. The summed E-state index contributed by atoms with van der Waals surface area (Å²) in [5.74, 6) is 1.88. The molecule has 2 aromatic heterocycles. The molecule has 0 spiro atoms. The van der Waals surface area contributed by atoms with Gasteiger partial charge in [-0.05, 0) is 48.9 Å². The van der Waals surface area contributed by atoms with Crippen molar-refractivity contribution >= 4 is 34.3 Å². The summed E-state index contributed by atoms with van der Waals surface area (Å²) < 4.78 is 7.59. The lowest BCUT2D eigenvalue weighted by atomic mass is 10.2. The molecule has 0 aliphatic carbocycles. The first-order chi connectivity index (χ1) is 16.1. The molecule has 3 aromatic carbocycles. The van der Waals surface area contributed by atoms with E-state index in [2.05, 4.69) is 4.98 Å². The zero-order valence-electron chi connectivity index (χ0n) is 17.9. The fourth-order valence-electron chi connectivity index (χ4n) is 3.61. The van der Waals surface area contributed by atoms with Gasteiger partial charge in [0.1, 0.15) is 5.76 Å². The quantitative estimate of drug-likeness (QED) is 0.212. The molecule has 0 radical (unpaired) electrons. The predicted octanol–water partition coefficient (Wildman–Crippen LogP) is 6.35. The highest BCUT2D eigenvalue weighted by Crippen LogP contribution is 2.27. The fourth-order valence-corrected chi connectivity index (χ4v) is 4.83. The first-order valence-corrected chi connectivity index (χ1v) is 11.8. The number of aryl methyl sites for hydroxylation is 1. The topological polar surface area (TPSA) is 60.9 Å². The third-order valence-electron chi connectivity index (χ3n) is 5.31. The van der Waals surface area contributed by atoms with Crippen LogP contribution in [0.2, 0.25) is 5.02 Å². The molecule has 0 N–H and O–H groups in total. The van der Waals surface area contributed by atoms with Crippen LogP contribution in [0, 0.1) is 6.92 Å². The second-order valence-corrected chi connectivity index (χ2v) is 8.99. The van der Waals surface area contributed by atoms with Crippen molar-refractivity contribution in [3.63, 3.8) is 0 Å². The van der Waals surface area contributed by atoms with Crippen LogP contribution in [0.4, 0.5) is 0 Å². The Morgan fingerprint density at radius 1 is 0.970 bits per heavy atom. The Hall–Kier alpha value is -3.35. The van der Waals surface area contributed by atoms with Crippen molar-refractivity contribution in [2.24, 2.45) is 0 Å². The molecular weight excluding hydrogens is 454 g/mol. The first kappa shape index (κ1) is 21.5. The van der Waals surface area contributed by atoms with Gasteiger partial charge < -0.3 is 4.42 Å². The minimum absolute atomic E-state index is 0.0788. The predicted molar refractivity (Wildman–Crippen MR) is 133 cm³/mol. The largest absolute Gasteiger partial charge is 0.441 e. The maximum atomic E-state index is 13.3. The van der Waals surface area contributed by atoms with Crippen LogP contribution in [0.3, 0.4) is 0 Å². The molecule has 5 rings (SSSR count). The van der Waals surface area contributed by atoms with Crippen molar-refractivity contribution in [3.8, 4) is 11.5 Å². The first-order valence-electron chi connectivity index (χ1n) is 10.5. The monoisotopic (exact) mass is 473 g/mol. The van der Waals surface area contributed by atoms with Gasteiger partial charge in [-0.3, -0.25) is 9.36 Å². The van der Waals surface area contributed by atoms with Crippen LogP contribution in [-0.2, 0) is 12.3 Å². The van der Waals surface area contributed by atoms with E-state index in [0.29, 0.717) is 39.3 Å². The molecule has 2 heterocycles. The molecule has 0 aliphatic heterocycles. The minimum atomic E-state index is -0.0788. The molecule has 0 saturated heterocycles. The molecule has 0 bridgehead atoms. The highest BCUT2D eigenvalue weighted by atomic mass is 35.5. The molecule has 0 atom stereocenters. The van der Waals surface area contributed by atoms with Crippen LogP contribution in [0.1, 0.15) is 17.0 Å². The van der Waals surface area contributed by atoms with Crippen LogP contribution in [0.25, 0.3) is 22.4 Å². The Bertz CT molecular complexity index is 1490. The average Bonchev–Trinajstić information content (AvgIpc) is 3.21. The Kier molecular flexibility index (Phi) is 6.03. The maximum Gasteiger partial charge on any atom is 0.262 e. The minimum Gasteiger partial charge on any atom is -0.441 e. The van der Waals surface area contributed by atoms with Crippen molar-refractivity contribution < 1.29 is 4.42 Å². The summed E-state index contributed by atoms with van der Waals surface area (Å²) in [5.41, 5.74) is 3.29. The van der Waals surface area contributed by atoms with Crippen molar-refractivity contribution in [2.75, 3.05) is 0 Å². The van der Waals surface area contributed by atoms with Gasteiger partial charge in [-0.15, -0.1) is 0 Å². The molecule has 5 aromatic rings. The van der Waals surface area contributed by atoms with Gasteiger partial charge in [0, 0.05) is 16.3 Å². The summed E-state index contributed by atoms with van der Waals surface area (Å²) in [4.78, 5) is 22.8. The van der Waals surface area contributed by atoms with E-state index < -0.39 is 0 Å². The van der Waals surface area contributed by atoms with Gasteiger partial charge >= 0.3 is 0 Å². The van der Waals surface area contributed by atoms with E-state index in [1.54, 1.807) is 4.57 Å². The number of rotatable bonds is 6. The Morgan fingerprint density at radius 2 is 1.76 bits per heavy atom. The number of thioether (sulfide) groups is 1. The summed E-state index contributed by atoms with van der Waals surface area (Å²) >= 11 is 7.64. The summed E-state index contributed by atoms with van der Waals surface area (Å²) in [5, 5.41) is 1.85. The Labute approximate surface area is 200 Å². The molecule has 5 nitrogen and oxygen atoms in total. The molecule has 33 heavy (non-hydrogen) atoms. The molecule has 164 valence electrons. The number of fused-ring (bicyclic) bond motifs is 1. The molecule has 0 unspecified atom stereocenters. The fraction of sp³-hybridized carbons (Fsp3) is 0.115. The van der Waals surface area contributed by atoms with E-state index >= 15 is 0 Å². The van der Waals surface area contributed by atoms with Crippen LogP contribution in [-0.4, -0.2) is 14.5 Å². The zero-order valence-corrected chi connectivity index (χ0v) is 19.4. The van der Waals surface area contributed by atoms with Gasteiger partial charge in [-0.25, -0.2) is 9.97 Å². The van der Waals surface area contributed by atoms with Gasteiger partial charge in [0.2, 0.25) is 5.89 Å². The van der Waals surface area contributed by atoms with E-state index in [-0.39, 0.29) is 5.56 Å². The third kappa shape index (κ3) is 4.58. The number of para-hydroxylation sites is 1. The van der Waals surface area contributed by atoms with Crippen LogP contribution < -0.4 is 5.56 Å². The second kappa shape index (κ2) is 9.25. The van der Waals surface area contributed by atoms with Gasteiger partial charge in [-0.2, -0.15) is 0 Å². The second-order valence-electron chi connectivity index (χ2n) is 7.61. The van der Waals surface area contributed by atoms with E-state index in [4.69, 9.17) is 21.0 Å². The van der Waals surface area contributed by atoms with Crippen LogP contribution >= 0.6 is 23.4 Å². The lowest BCUT2D eigenvalue weighted by molar-refractivity contribution is 0.540. The summed E-state index contributed by atoms with van der Waals surface area (Å²) in [6.45, 7) is 2.29. The zero-order chi connectivity index (χ0) is 22.8. The Morgan fingerprint density at radius 3 is 2.58 bits per heavy atom. The smallest absolute Gasteiger partial charge is 0.262 e. The number of hydrogen-bond donors (Lipinski definition) is 0. The van der Waals surface area contributed by atoms with E-state index in [0.717, 1.165) is 22.6 Å². The SMILES string of the molecule is Cc1oc(-c2ccccc2)nc1CSc1nc2ccccc2c(=O)n1Cc1cccc(Cl)c1. The number of aromatic nitrogens is 3. The molecule has 7 heteroatoms. The molecule has 0 fully saturated rings. The Balaban J connectivity index is 1.50. The molecule has 0 saturated carbocycles. The number of oxazole rings is 1. The number of benzene rings is 3. The number of halogens is 1. The van der Waals surface area contributed by atoms with Crippen LogP contribution in [0.5, 0.6) is 0 Å². The molecular formula is C26H20ClN3O2S. The third-order valence-corrected chi connectivity index (χ3v) is 6.53.